The van der Waals surface area contributed by atoms with E-state index in [0.717, 1.165) is 83.8 Å². The minimum atomic E-state index is -0.0669. The van der Waals surface area contributed by atoms with E-state index < -0.39 is 0 Å². The first-order valence-corrected chi connectivity index (χ1v) is 13.8. The fourth-order valence-electron chi connectivity index (χ4n) is 5.22. The van der Waals surface area contributed by atoms with Crippen LogP contribution in [0.3, 0.4) is 0 Å². The normalized spacial score (nSPS) is 17.3. The third-order valence-corrected chi connectivity index (χ3v) is 6.90. The number of rotatable bonds is 16. The van der Waals surface area contributed by atoms with E-state index in [-0.39, 0.29) is 29.8 Å². The average molecular weight is 472 g/mol. The van der Waals surface area contributed by atoms with Gasteiger partial charge in [0.05, 0.1) is 6.04 Å². The number of carbonyl (C=O) groups excluding carboxylic acids is 2. The van der Waals surface area contributed by atoms with Gasteiger partial charge in [-0.05, 0) is 69.4 Å². The van der Waals surface area contributed by atoms with Gasteiger partial charge in [0.25, 0.3) is 0 Å². The van der Waals surface area contributed by atoms with Crippen LogP contribution in [0.15, 0.2) is 30.3 Å². The number of nitrogens with zero attached hydrogens (tertiary/aromatic N) is 1. The molecule has 0 aromatic heterocycles. The van der Waals surface area contributed by atoms with Crippen LogP contribution in [0.25, 0.3) is 0 Å². The molecule has 2 amide bonds. The molecule has 0 aliphatic carbocycles. The van der Waals surface area contributed by atoms with Crippen LogP contribution in [-0.4, -0.2) is 48.4 Å². The van der Waals surface area contributed by atoms with Gasteiger partial charge in [-0.25, -0.2) is 0 Å². The zero-order valence-electron chi connectivity index (χ0n) is 22.2. The molecule has 5 heteroatoms. The number of benzene rings is 1. The summed E-state index contributed by atoms with van der Waals surface area (Å²) in [6.45, 7) is 11.1. The molecule has 2 atom stereocenters. The molecule has 0 spiro atoms. The van der Waals surface area contributed by atoms with Crippen molar-refractivity contribution in [2.75, 3.05) is 19.6 Å². The van der Waals surface area contributed by atoms with E-state index in [1.54, 1.807) is 0 Å². The predicted octanol–water partition coefficient (Wildman–Crippen LogP) is 5.34. The lowest BCUT2D eigenvalue weighted by Gasteiger charge is -2.31. The Hall–Kier alpha value is -1.88. The third kappa shape index (κ3) is 10.2. The summed E-state index contributed by atoms with van der Waals surface area (Å²) in [6, 6.07) is 10.6. The van der Waals surface area contributed by atoms with E-state index in [1.807, 2.05) is 6.07 Å². The monoisotopic (exact) mass is 471 g/mol. The Labute approximate surface area is 208 Å². The molecule has 1 aromatic carbocycles. The molecule has 0 bridgehead atoms. The Balaban J connectivity index is 1.83. The lowest BCUT2D eigenvalue weighted by molar-refractivity contribution is -0.126. The number of hydrogen-bond acceptors (Lipinski definition) is 3. The van der Waals surface area contributed by atoms with E-state index in [9.17, 15) is 9.59 Å². The highest BCUT2D eigenvalue weighted by atomic mass is 16.2. The topological polar surface area (TPSA) is 61.4 Å². The van der Waals surface area contributed by atoms with Crippen LogP contribution < -0.4 is 10.6 Å². The van der Waals surface area contributed by atoms with E-state index >= 15 is 0 Å². The van der Waals surface area contributed by atoms with Crippen LogP contribution in [0.1, 0.15) is 91.0 Å². The fraction of sp³-hybridized carbons (Fsp3) is 0.724. The predicted molar refractivity (Wildman–Crippen MR) is 142 cm³/mol. The zero-order chi connectivity index (χ0) is 24.8. The standard InChI is InChI=1S/C29H49N3O2/c1-5-13-25(14-6-2)28(33)31-26(21-23(3)4)22-32-20-12-18-27(32)29(34)30-19-11-10-17-24-15-8-7-9-16-24/h7-9,15-16,23,25-27H,5-6,10-14,17-22H2,1-4H3,(H,30,34)(H,31,33)/t26-,27+/m1/s1. The summed E-state index contributed by atoms with van der Waals surface area (Å²) in [7, 11) is 0. The average Bonchev–Trinajstić information content (AvgIpc) is 3.27. The van der Waals surface area contributed by atoms with Gasteiger partial charge in [0.2, 0.25) is 11.8 Å². The molecule has 5 nitrogen and oxygen atoms in total. The molecule has 1 heterocycles. The van der Waals surface area contributed by atoms with Crippen molar-refractivity contribution >= 4 is 11.8 Å². The van der Waals surface area contributed by atoms with Crippen molar-refractivity contribution in [2.45, 2.75) is 104 Å². The molecule has 1 fully saturated rings. The molecule has 0 unspecified atom stereocenters. The number of nitrogens with one attached hydrogen (secondary N) is 2. The molecule has 192 valence electrons. The Bertz CT molecular complexity index is 701. The van der Waals surface area contributed by atoms with E-state index in [2.05, 4.69) is 67.5 Å². The molecule has 0 radical (unpaired) electrons. The number of likely N-dealkylation sites (tertiary alicyclic amines) is 1. The van der Waals surface area contributed by atoms with Gasteiger partial charge in [0.15, 0.2) is 0 Å². The van der Waals surface area contributed by atoms with Gasteiger partial charge in [-0.1, -0.05) is 70.9 Å². The quantitative estimate of drug-likeness (QED) is 0.320. The van der Waals surface area contributed by atoms with Crippen LogP contribution in [-0.2, 0) is 16.0 Å². The Kier molecular flexibility index (Phi) is 13.3. The molecule has 1 saturated heterocycles. The summed E-state index contributed by atoms with van der Waals surface area (Å²) in [5, 5.41) is 6.55. The van der Waals surface area contributed by atoms with Crippen molar-refractivity contribution in [1.29, 1.82) is 0 Å². The number of amides is 2. The van der Waals surface area contributed by atoms with Gasteiger partial charge >= 0.3 is 0 Å². The number of carbonyl (C=O) groups is 2. The maximum absolute atomic E-state index is 13.0. The van der Waals surface area contributed by atoms with Crippen molar-refractivity contribution in [3.05, 3.63) is 35.9 Å². The lowest BCUT2D eigenvalue weighted by Crippen LogP contribution is -2.51. The zero-order valence-corrected chi connectivity index (χ0v) is 22.2. The van der Waals surface area contributed by atoms with Crippen molar-refractivity contribution in [3.8, 4) is 0 Å². The van der Waals surface area contributed by atoms with Crippen molar-refractivity contribution in [1.82, 2.24) is 15.5 Å². The van der Waals surface area contributed by atoms with E-state index in [4.69, 9.17) is 0 Å². The van der Waals surface area contributed by atoms with Gasteiger partial charge in [0, 0.05) is 25.0 Å². The first-order chi connectivity index (χ1) is 16.4. The van der Waals surface area contributed by atoms with Crippen LogP contribution in [0.4, 0.5) is 0 Å². The highest BCUT2D eigenvalue weighted by Crippen LogP contribution is 2.20. The van der Waals surface area contributed by atoms with Crippen LogP contribution in [0, 0.1) is 11.8 Å². The number of hydrogen-bond donors (Lipinski definition) is 2. The second-order valence-corrected chi connectivity index (χ2v) is 10.5. The molecule has 2 N–H and O–H groups in total. The molecule has 0 saturated carbocycles. The third-order valence-electron chi connectivity index (χ3n) is 6.90. The minimum absolute atomic E-state index is 0.0669. The van der Waals surface area contributed by atoms with Crippen LogP contribution in [0.5, 0.6) is 0 Å². The first-order valence-electron chi connectivity index (χ1n) is 13.8. The van der Waals surface area contributed by atoms with Gasteiger partial charge in [-0.3, -0.25) is 14.5 Å². The summed E-state index contributed by atoms with van der Waals surface area (Å²) >= 11 is 0. The van der Waals surface area contributed by atoms with Crippen molar-refractivity contribution in [3.63, 3.8) is 0 Å². The Morgan fingerprint density at radius 3 is 2.41 bits per heavy atom. The van der Waals surface area contributed by atoms with Crippen LogP contribution >= 0.6 is 0 Å². The summed E-state index contributed by atoms with van der Waals surface area (Å²) < 4.78 is 0. The second kappa shape index (κ2) is 15.9. The Morgan fingerprint density at radius 2 is 1.76 bits per heavy atom. The molecule has 1 aromatic rings. The highest BCUT2D eigenvalue weighted by molar-refractivity contribution is 5.82. The molecular weight excluding hydrogens is 422 g/mol. The largest absolute Gasteiger partial charge is 0.355 e. The molecule has 2 rings (SSSR count). The minimum Gasteiger partial charge on any atom is -0.355 e. The summed E-state index contributed by atoms with van der Waals surface area (Å²) in [4.78, 5) is 28.3. The summed E-state index contributed by atoms with van der Waals surface area (Å²) in [5.41, 5.74) is 1.36. The van der Waals surface area contributed by atoms with Gasteiger partial charge in [0.1, 0.15) is 0 Å². The van der Waals surface area contributed by atoms with E-state index in [1.165, 1.54) is 5.56 Å². The lowest BCUT2D eigenvalue weighted by atomic mass is 9.96. The Morgan fingerprint density at radius 1 is 1.06 bits per heavy atom. The van der Waals surface area contributed by atoms with Gasteiger partial charge in [-0.15, -0.1) is 0 Å². The van der Waals surface area contributed by atoms with Crippen molar-refractivity contribution < 1.29 is 9.59 Å². The smallest absolute Gasteiger partial charge is 0.237 e. The second-order valence-electron chi connectivity index (χ2n) is 10.5. The van der Waals surface area contributed by atoms with Crippen LogP contribution in [0.2, 0.25) is 0 Å². The molecular formula is C29H49N3O2. The first kappa shape index (κ1) is 28.4. The molecule has 1 aliphatic rings. The molecule has 1 aliphatic heterocycles. The van der Waals surface area contributed by atoms with Crippen molar-refractivity contribution in [2.24, 2.45) is 11.8 Å². The number of aryl methyl sites for hydroxylation is 1. The maximum atomic E-state index is 13.0. The summed E-state index contributed by atoms with van der Waals surface area (Å²) in [6.07, 6.45) is 10.0. The highest BCUT2D eigenvalue weighted by Gasteiger charge is 2.33. The van der Waals surface area contributed by atoms with E-state index in [0.29, 0.717) is 5.92 Å². The number of unbranched alkanes of at least 4 members (excludes halogenated alkanes) is 1. The summed E-state index contributed by atoms with van der Waals surface area (Å²) in [5.74, 6) is 0.966. The maximum Gasteiger partial charge on any atom is 0.237 e. The van der Waals surface area contributed by atoms with Gasteiger partial charge in [-0.2, -0.15) is 0 Å². The van der Waals surface area contributed by atoms with Gasteiger partial charge < -0.3 is 10.6 Å². The fourth-order valence-corrected chi connectivity index (χ4v) is 5.22. The molecule has 34 heavy (non-hydrogen) atoms. The SMILES string of the molecule is CCCC(CCC)C(=O)N[C@H](CC(C)C)CN1CCC[C@H]1C(=O)NCCCCc1ccccc1.